The molecule has 0 aromatic heterocycles. The van der Waals surface area contributed by atoms with Crippen molar-refractivity contribution in [2.75, 3.05) is 23.4 Å². The molecular formula is C14H18ClNO2S. The lowest BCUT2D eigenvalue weighted by molar-refractivity contribution is -0.145. The number of anilines is 1. The Morgan fingerprint density at radius 3 is 2.84 bits per heavy atom. The number of rotatable bonds is 5. The van der Waals surface area contributed by atoms with E-state index in [1.807, 2.05) is 43.0 Å². The first kappa shape index (κ1) is 14.5. The quantitative estimate of drug-likeness (QED) is 0.845. The van der Waals surface area contributed by atoms with Gasteiger partial charge in [-0.2, -0.15) is 11.8 Å². The summed E-state index contributed by atoms with van der Waals surface area (Å²) in [6.07, 6.45) is 1.05. The summed E-state index contributed by atoms with van der Waals surface area (Å²) < 4.78 is 5.18. The van der Waals surface area contributed by atoms with Gasteiger partial charge in [0.25, 0.3) is 0 Å². The molecular weight excluding hydrogens is 282 g/mol. The highest BCUT2D eigenvalue weighted by Crippen LogP contribution is 2.29. The van der Waals surface area contributed by atoms with Gasteiger partial charge in [-0.25, -0.2) is 4.79 Å². The maximum Gasteiger partial charge on any atom is 0.328 e. The molecule has 0 amide bonds. The molecule has 5 heteroatoms. The van der Waals surface area contributed by atoms with Crippen molar-refractivity contribution in [2.45, 2.75) is 19.4 Å². The maximum atomic E-state index is 12.1. The Morgan fingerprint density at radius 2 is 2.26 bits per heavy atom. The Balaban J connectivity index is 2.08. The van der Waals surface area contributed by atoms with Gasteiger partial charge in [0.05, 0.1) is 6.61 Å². The first-order chi connectivity index (χ1) is 9.20. The van der Waals surface area contributed by atoms with Crippen LogP contribution in [0.2, 0.25) is 5.02 Å². The van der Waals surface area contributed by atoms with Crippen LogP contribution in [0.15, 0.2) is 24.3 Å². The average molecular weight is 300 g/mol. The molecule has 1 aliphatic rings. The van der Waals surface area contributed by atoms with Crippen molar-refractivity contribution in [1.82, 2.24) is 0 Å². The second-order valence-corrected chi connectivity index (χ2v) is 6.09. The Bertz CT molecular complexity index is 418. The number of carbonyl (C=O) groups is 1. The van der Waals surface area contributed by atoms with Gasteiger partial charge in [-0.3, -0.25) is 0 Å². The van der Waals surface area contributed by atoms with E-state index in [4.69, 9.17) is 16.3 Å². The van der Waals surface area contributed by atoms with Crippen molar-refractivity contribution in [1.29, 1.82) is 0 Å². The summed E-state index contributed by atoms with van der Waals surface area (Å²) in [6.45, 7) is 2.25. The molecule has 1 heterocycles. The summed E-state index contributed by atoms with van der Waals surface area (Å²) in [5, 5.41) is 3.98. The molecule has 2 rings (SSSR count). The molecule has 1 fully saturated rings. The van der Waals surface area contributed by atoms with Crippen LogP contribution >= 0.6 is 23.4 Å². The lowest BCUT2D eigenvalue weighted by Crippen LogP contribution is -2.38. The van der Waals surface area contributed by atoms with E-state index in [0.717, 1.165) is 23.6 Å². The zero-order valence-corrected chi connectivity index (χ0v) is 12.5. The third-order valence-corrected chi connectivity index (χ3v) is 4.58. The van der Waals surface area contributed by atoms with Crippen LogP contribution in [0.25, 0.3) is 0 Å². The molecule has 0 saturated carbocycles. The summed E-state index contributed by atoms with van der Waals surface area (Å²) in [4.78, 5) is 12.1. The molecule has 104 valence electrons. The molecule has 2 unspecified atom stereocenters. The van der Waals surface area contributed by atoms with Gasteiger partial charge < -0.3 is 10.1 Å². The zero-order valence-electron chi connectivity index (χ0n) is 10.9. The summed E-state index contributed by atoms with van der Waals surface area (Å²) >= 11 is 7.75. The second-order valence-electron chi connectivity index (χ2n) is 4.50. The molecule has 19 heavy (non-hydrogen) atoms. The fourth-order valence-corrected chi connectivity index (χ4v) is 3.57. The highest BCUT2D eigenvalue weighted by atomic mass is 35.5. The van der Waals surface area contributed by atoms with Crippen molar-refractivity contribution < 1.29 is 9.53 Å². The maximum absolute atomic E-state index is 12.1. The van der Waals surface area contributed by atoms with E-state index < -0.39 is 0 Å². The second kappa shape index (κ2) is 7.06. The summed E-state index contributed by atoms with van der Waals surface area (Å²) in [7, 11) is 0. The van der Waals surface area contributed by atoms with Crippen LogP contribution in [0.1, 0.15) is 13.3 Å². The summed E-state index contributed by atoms with van der Waals surface area (Å²) in [6, 6.07) is 7.13. The molecule has 0 spiro atoms. The SMILES string of the molecule is CCOC(=O)C(Nc1ccc(Cl)cc1)C1CCSC1. The van der Waals surface area contributed by atoms with Gasteiger partial charge in [0, 0.05) is 10.7 Å². The van der Waals surface area contributed by atoms with Gasteiger partial charge in [-0.05, 0) is 55.0 Å². The predicted molar refractivity (Wildman–Crippen MR) is 80.9 cm³/mol. The van der Waals surface area contributed by atoms with Crippen LogP contribution in [0.4, 0.5) is 5.69 Å². The fourth-order valence-electron chi connectivity index (χ4n) is 2.14. The van der Waals surface area contributed by atoms with Gasteiger partial charge >= 0.3 is 5.97 Å². The van der Waals surface area contributed by atoms with Gasteiger partial charge in [0.2, 0.25) is 0 Å². The number of carbonyl (C=O) groups excluding carboxylic acids is 1. The van der Waals surface area contributed by atoms with Crippen molar-refractivity contribution in [3.05, 3.63) is 29.3 Å². The van der Waals surface area contributed by atoms with Gasteiger partial charge in [-0.15, -0.1) is 0 Å². The minimum Gasteiger partial charge on any atom is -0.464 e. The van der Waals surface area contributed by atoms with E-state index in [2.05, 4.69) is 5.32 Å². The molecule has 0 bridgehead atoms. The lowest BCUT2D eigenvalue weighted by Gasteiger charge is -2.23. The van der Waals surface area contributed by atoms with Crippen LogP contribution < -0.4 is 5.32 Å². The Kier molecular flexibility index (Phi) is 5.40. The van der Waals surface area contributed by atoms with Crippen LogP contribution in [-0.2, 0) is 9.53 Å². The molecule has 1 saturated heterocycles. The minimum absolute atomic E-state index is 0.162. The zero-order chi connectivity index (χ0) is 13.7. The van der Waals surface area contributed by atoms with Gasteiger partial charge in [0.15, 0.2) is 0 Å². The van der Waals surface area contributed by atoms with E-state index in [1.54, 1.807) is 0 Å². The molecule has 1 aromatic carbocycles. The van der Waals surface area contributed by atoms with Crippen LogP contribution in [0, 0.1) is 5.92 Å². The van der Waals surface area contributed by atoms with E-state index in [0.29, 0.717) is 17.5 Å². The Hall–Kier alpha value is -0.870. The van der Waals surface area contributed by atoms with Crippen molar-refractivity contribution >= 4 is 35.0 Å². The van der Waals surface area contributed by atoms with Crippen molar-refractivity contribution in [3.8, 4) is 0 Å². The van der Waals surface area contributed by atoms with Crippen LogP contribution in [-0.4, -0.2) is 30.1 Å². The van der Waals surface area contributed by atoms with Gasteiger partial charge in [0.1, 0.15) is 6.04 Å². The first-order valence-electron chi connectivity index (χ1n) is 6.47. The Morgan fingerprint density at radius 1 is 1.53 bits per heavy atom. The fraction of sp³-hybridized carbons (Fsp3) is 0.500. The molecule has 1 N–H and O–H groups in total. The third-order valence-electron chi connectivity index (χ3n) is 3.14. The van der Waals surface area contributed by atoms with Crippen LogP contribution in [0.3, 0.4) is 0 Å². The van der Waals surface area contributed by atoms with E-state index in [-0.39, 0.29) is 12.0 Å². The predicted octanol–water partition coefficient (Wildman–Crippen LogP) is 3.44. The normalized spacial score (nSPS) is 20.0. The number of esters is 1. The number of benzene rings is 1. The molecule has 1 aromatic rings. The number of nitrogens with one attached hydrogen (secondary N) is 1. The largest absolute Gasteiger partial charge is 0.464 e. The molecule has 2 atom stereocenters. The van der Waals surface area contributed by atoms with E-state index >= 15 is 0 Å². The van der Waals surface area contributed by atoms with Crippen LogP contribution in [0.5, 0.6) is 0 Å². The van der Waals surface area contributed by atoms with Crippen molar-refractivity contribution in [2.24, 2.45) is 5.92 Å². The number of ether oxygens (including phenoxy) is 1. The third kappa shape index (κ3) is 4.05. The number of hydrogen-bond acceptors (Lipinski definition) is 4. The minimum atomic E-state index is -0.267. The average Bonchev–Trinajstić information content (AvgIpc) is 2.92. The van der Waals surface area contributed by atoms with Crippen molar-refractivity contribution in [3.63, 3.8) is 0 Å². The Labute approximate surface area is 123 Å². The molecule has 0 radical (unpaired) electrons. The first-order valence-corrected chi connectivity index (χ1v) is 8.00. The topological polar surface area (TPSA) is 38.3 Å². The summed E-state index contributed by atoms with van der Waals surface area (Å²) in [5.41, 5.74) is 0.902. The monoisotopic (exact) mass is 299 g/mol. The standard InChI is InChI=1S/C14H18ClNO2S/c1-2-18-14(17)13(10-7-8-19-9-10)16-12-5-3-11(15)4-6-12/h3-6,10,13,16H,2,7-9H2,1H3. The number of hydrogen-bond donors (Lipinski definition) is 1. The van der Waals surface area contributed by atoms with E-state index in [9.17, 15) is 4.79 Å². The smallest absolute Gasteiger partial charge is 0.328 e. The van der Waals surface area contributed by atoms with Gasteiger partial charge in [-0.1, -0.05) is 11.6 Å². The summed E-state index contributed by atoms with van der Waals surface area (Å²) in [5.74, 6) is 2.29. The highest BCUT2D eigenvalue weighted by Gasteiger charge is 2.32. The number of thioether (sulfide) groups is 1. The molecule has 0 aliphatic carbocycles. The molecule has 3 nitrogen and oxygen atoms in total. The number of halogens is 1. The highest BCUT2D eigenvalue weighted by molar-refractivity contribution is 7.99. The lowest BCUT2D eigenvalue weighted by atomic mass is 9.99. The molecule has 1 aliphatic heterocycles. The van der Waals surface area contributed by atoms with E-state index in [1.165, 1.54) is 0 Å².